The molecule has 4 amide bonds. The average Bonchev–Trinajstić information content (AvgIpc) is 2.90. The molecule has 8 heteroatoms. The molecule has 0 aliphatic carbocycles. The van der Waals surface area contributed by atoms with Gasteiger partial charge < -0.3 is 24.8 Å². The van der Waals surface area contributed by atoms with Gasteiger partial charge in [0.05, 0.1) is 0 Å². The Labute approximate surface area is 215 Å². The Balaban J connectivity index is 1.96. The molecule has 0 radical (unpaired) electrons. The molecule has 2 rings (SSSR count). The van der Waals surface area contributed by atoms with E-state index in [0.29, 0.717) is 32.6 Å². The van der Waals surface area contributed by atoms with E-state index in [1.165, 1.54) is 4.90 Å². The van der Waals surface area contributed by atoms with E-state index in [1.54, 1.807) is 19.0 Å². The monoisotopic (exact) mass is 496 g/mol. The van der Waals surface area contributed by atoms with Gasteiger partial charge in [0.2, 0.25) is 0 Å². The fourth-order valence-electron chi connectivity index (χ4n) is 3.71. The highest BCUT2D eigenvalue weighted by Crippen LogP contribution is 2.08. The summed E-state index contributed by atoms with van der Waals surface area (Å²) in [5, 5.41) is 2.82. The fraction of sp³-hybridized carbons (Fsp3) is 0.464. The Kier molecular flexibility index (Phi) is 12.3. The molecule has 0 aromatic heterocycles. The number of hydrogen-bond donors (Lipinski definition) is 1. The molecule has 1 N–H and O–H groups in total. The number of nitrogens with zero attached hydrogens (tertiary/aromatic N) is 3. The number of carbonyl (C=O) groups excluding carboxylic acids is 3. The molecule has 0 spiro atoms. The third-order valence-electron chi connectivity index (χ3n) is 5.79. The van der Waals surface area contributed by atoms with Crippen molar-refractivity contribution >= 4 is 18.0 Å². The Morgan fingerprint density at radius 3 is 1.86 bits per heavy atom. The van der Waals surface area contributed by atoms with Gasteiger partial charge in [-0.25, -0.2) is 14.4 Å². The van der Waals surface area contributed by atoms with E-state index in [2.05, 4.69) is 5.32 Å². The second kappa shape index (κ2) is 15.4. The van der Waals surface area contributed by atoms with Gasteiger partial charge in [0, 0.05) is 46.7 Å². The van der Waals surface area contributed by atoms with E-state index in [1.807, 2.05) is 79.4 Å². The summed E-state index contributed by atoms with van der Waals surface area (Å²) in [7, 11) is 3.39. The van der Waals surface area contributed by atoms with Crippen LogP contribution < -0.4 is 5.32 Å². The second-order valence-corrected chi connectivity index (χ2v) is 8.90. The van der Waals surface area contributed by atoms with Crippen LogP contribution >= 0.6 is 0 Å². The van der Waals surface area contributed by atoms with Gasteiger partial charge in [0.15, 0.2) is 0 Å². The van der Waals surface area contributed by atoms with Crippen LogP contribution in [0, 0.1) is 0 Å². The zero-order valence-electron chi connectivity index (χ0n) is 22.0. The first kappa shape index (κ1) is 28.7. The molecule has 2 aromatic carbocycles. The van der Waals surface area contributed by atoms with Gasteiger partial charge in [-0.05, 0) is 24.0 Å². The zero-order chi connectivity index (χ0) is 26.3. The maximum Gasteiger partial charge on any atom is 0.329 e. The lowest BCUT2D eigenvalue weighted by molar-refractivity contribution is -0.147. The summed E-state index contributed by atoms with van der Waals surface area (Å²) in [6.45, 7) is 6.36. The molecular formula is C28H40N4O4. The predicted molar refractivity (Wildman–Crippen MR) is 142 cm³/mol. The van der Waals surface area contributed by atoms with E-state index in [0.717, 1.165) is 24.0 Å². The first-order valence-electron chi connectivity index (χ1n) is 12.6. The molecule has 0 saturated carbocycles. The van der Waals surface area contributed by atoms with Crippen LogP contribution in [0.1, 0.15) is 37.8 Å². The van der Waals surface area contributed by atoms with Crippen molar-refractivity contribution in [2.45, 2.75) is 45.8 Å². The van der Waals surface area contributed by atoms with Crippen molar-refractivity contribution in [2.24, 2.45) is 0 Å². The van der Waals surface area contributed by atoms with Gasteiger partial charge in [-0.2, -0.15) is 0 Å². The van der Waals surface area contributed by atoms with Crippen molar-refractivity contribution in [1.29, 1.82) is 0 Å². The smallest absolute Gasteiger partial charge is 0.329 e. The molecule has 2 aromatic rings. The summed E-state index contributed by atoms with van der Waals surface area (Å²) in [6.07, 6.45) is 2.10. The highest BCUT2D eigenvalue weighted by atomic mass is 16.5. The normalized spacial score (nSPS) is 11.3. The Hall–Kier alpha value is -3.55. The van der Waals surface area contributed by atoms with Crippen LogP contribution in [0.5, 0.6) is 0 Å². The van der Waals surface area contributed by atoms with Crippen molar-refractivity contribution in [1.82, 2.24) is 20.0 Å². The number of ether oxygens (including phenoxy) is 1. The van der Waals surface area contributed by atoms with Gasteiger partial charge in [-0.3, -0.25) is 0 Å². The van der Waals surface area contributed by atoms with E-state index in [-0.39, 0.29) is 12.6 Å². The summed E-state index contributed by atoms with van der Waals surface area (Å²) >= 11 is 0. The van der Waals surface area contributed by atoms with Crippen LogP contribution in [0.25, 0.3) is 0 Å². The molecular weight excluding hydrogens is 456 g/mol. The molecule has 0 aliphatic rings. The minimum atomic E-state index is -0.838. The SMILES string of the molecule is CCCN(CCC)C(=O)N(C)CCN(C)C(=O)N[C@@H](Cc1ccccc1)C(=O)OCc1ccccc1. The van der Waals surface area contributed by atoms with Crippen LogP contribution in [0.4, 0.5) is 9.59 Å². The van der Waals surface area contributed by atoms with Crippen molar-refractivity contribution in [3.63, 3.8) is 0 Å². The first-order chi connectivity index (χ1) is 17.3. The van der Waals surface area contributed by atoms with Crippen LogP contribution in [0.3, 0.4) is 0 Å². The lowest BCUT2D eigenvalue weighted by Crippen LogP contribution is -2.50. The lowest BCUT2D eigenvalue weighted by Gasteiger charge is -2.29. The van der Waals surface area contributed by atoms with E-state index in [9.17, 15) is 14.4 Å². The number of urea groups is 2. The van der Waals surface area contributed by atoms with Gasteiger partial charge >= 0.3 is 18.0 Å². The second-order valence-electron chi connectivity index (χ2n) is 8.90. The van der Waals surface area contributed by atoms with Crippen LogP contribution in [-0.4, -0.2) is 79.0 Å². The quantitative estimate of drug-likeness (QED) is 0.422. The Morgan fingerprint density at radius 2 is 1.31 bits per heavy atom. The molecule has 1 atom stereocenters. The molecule has 8 nitrogen and oxygen atoms in total. The fourth-order valence-corrected chi connectivity index (χ4v) is 3.71. The molecule has 36 heavy (non-hydrogen) atoms. The first-order valence-corrected chi connectivity index (χ1v) is 12.6. The third-order valence-corrected chi connectivity index (χ3v) is 5.79. The minimum Gasteiger partial charge on any atom is -0.459 e. The summed E-state index contributed by atoms with van der Waals surface area (Å²) in [5.41, 5.74) is 1.79. The maximum absolute atomic E-state index is 12.9. The van der Waals surface area contributed by atoms with Gasteiger partial charge in [-0.15, -0.1) is 0 Å². The topological polar surface area (TPSA) is 82.2 Å². The number of hydrogen-bond acceptors (Lipinski definition) is 4. The average molecular weight is 497 g/mol. The number of carbonyl (C=O) groups is 3. The summed E-state index contributed by atoms with van der Waals surface area (Å²) in [6, 6.07) is 17.6. The van der Waals surface area contributed by atoms with Gasteiger partial charge in [-0.1, -0.05) is 74.5 Å². The van der Waals surface area contributed by atoms with E-state index >= 15 is 0 Å². The molecule has 0 saturated heterocycles. The standard InChI is InChI=1S/C28H40N4O4/c1-5-17-32(18-6-2)28(35)31(4)20-19-30(3)27(34)29-25(21-23-13-9-7-10-14-23)26(33)36-22-24-15-11-8-12-16-24/h7-16,25H,5-6,17-22H2,1-4H3,(H,29,34)/t25-/m0/s1. The molecule has 0 heterocycles. The lowest BCUT2D eigenvalue weighted by atomic mass is 10.1. The van der Waals surface area contributed by atoms with Gasteiger partial charge in [0.25, 0.3) is 0 Å². The van der Waals surface area contributed by atoms with Crippen molar-refractivity contribution in [3.8, 4) is 0 Å². The largest absolute Gasteiger partial charge is 0.459 e. The Morgan fingerprint density at radius 1 is 0.778 bits per heavy atom. The van der Waals surface area contributed by atoms with Crippen molar-refractivity contribution in [2.75, 3.05) is 40.3 Å². The van der Waals surface area contributed by atoms with Crippen LogP contribution in [0.2, 0.25) is 0 Å². The Bertz CT molecular complexity index is 933. The number of esters is 1. The van der Waals surface area contributed by atoms with Crippen LogP contribution in [-0.2, 0) is 22.6 Å². The molecule has 0 bridgehead atoms. The van der Waals surface area contributed by atoms with Crippen LogP contribution in [0.15, 0.2) is 60.7 Å². The predicted octanol–water partition coefficient (Wildman–Crippen LogP) is 4.16. The van der Waals surface area contributed by atoms with E-state index in [4.69, 9.17) is 4.74 Å². The van der Waals surface area contributed by atoms with E-state index < -0.39 is 18.0 Å². The molecule has 196 valence electrons. The minimum absolute atomic E-state index is 0.0426. The van der Waals surface area contributed by atoms with Crippen molar-refractivity contribution < 1.29 is 19.1 Å². The number of amides is 4. The summed E-state index contributed by atoms with van der Waals surface area (Å²) < 4.78 is 5.51. The molecule has 0 fully saturated rings. The summed E-state index contributed by atoms with van der Waals surface area (Å²) in [5.74, 6) is -0.494. The summed E-state index contributed by atoms with van der Waals surface area (Å²) in [4.78, 5) is 43.5. The molecule has 0 aliphatic heterocycles. The number of benzene rings is 2. The molecule has 0 unspecified atom stereocenters. The number of likely N-dealkylation sites (N-methyl/N-ethyl adjacent to an activating group) is 2. The highest BCUT2D eigenvalue weighted by molar-refractivity contribution is 5.84. The number of rotatable bonds is 13. The maximum atomic E-state index is 12.9. The third kappa shape index (κ3) is 9.60. The number of nitrogens with one attached hydrogen (secondary N) is 1. The highest BCUT2D eigenvalue weighted by Gasteiger charge is 2.25. The van der Waals surface area contributed by atoms with Crippen molar-refractivity contribution in [3.05, 3.63) is 71.8 Å². The van der Waals surface area contributed by atoms with Gasteiger partial charge in [0.1, 0.15) is 12.6 Å². The zero-order valence-corrected chi connectivity index (χ0v) is 22.0.